The van der Waals surface area contributed by atoms with E-state index in [1.54, 1.807) is 6.92 Å². The van der Waals surface area contributed by atoms with Gasteiger partial charge in [0.1, 0.15) is 0 Å². The maximum absolute atomic E-state index is 13.4. The third kappa shape index (κ3) is 5.01. The molecule has 0 saturated heterocycles. The Hall–Kier alpha value is -3.24. The Kier molecular flexibility index (Phi) is 6.94. The van der Waals surface area contributed by atoms with Gasteiger partial charge in [0.05, 0.1) is 20.5 Å². The lowest BCUT2D eigenvalue weighted by Gasteiger charge is -2.24. The van der Waals surface area contributed by atoms with Gasteiger partial charge >= 0.3 is 12.3 Å². The lowest BCUT2D eigenvalue weighted by molar-refractivity contribution is -0.137. The highest BCUT2D eigenvalue weighted by Crippen LogP contribution is 2.45. The molecule has 4 rings (SSSR count). The van der Waals surface area contributed by atoms with E-state index in [4.69, 9.17) is 12.2 Å². The topological polar surface area (TPSA) is 70.0 Å². The van der Waals surface area contributed by atoms with Crippen molar-refractivity contribution in [3.05, 3.63) is 95.1 Å². The molecule has 3 aromatic carbocycles. The SMILES string of the molecule is CC(c1ccc(C(F)(F)F)cc1)S(C)(=O)=NC(=S)N(CC1c2ccccc2-c2ccccc21)C(=O)O. The lowest BCUT2D eigenvalue weighted by Crippen LogP contribution is -2.37. The summed E-state index contributed by atoms with van der Waals surface area (Å²) in [6.45, 7) is 1.54. The van der Waals surface area contributed by atoms with E-state index in [0.717, 1.165) is 39.3 Å². The number of benzene rings is 3. The number of rotatable bonds is 4. The largest absolute Gasteiger partial charge is 0.465 e. The molecule has 3 aromatic rings. The molecule has 10 heteroatoms. The van der Waals surface area contributed by atoms with E-state index in [1.165, 1.54) is 18.4 Å². The molecule has 0 saturated carbocycles. The predicted molar refractivity (Wildman–Crippen MR) is 137 cm³/mol. The van der Waals surface area contributed by atoms with E-state index in [0.29, 0.717) is 5.56 Å². The van der Waals surface area contributed by atoms with Gasteiger partial charge < -0.3 is 5.11 Å². The summed E-state index contributed by atoms with van der Waals surface area (Å²) >= 11 is 5.32. The van der Waals surface area contributed by atoms with E-state index >= 15 is 0 Å². The molecule has 2 unspecified atom stereocenters. The summed E-state index contributed by atoms with van der Waals surface area (Å²) in [5.41, 5.74) is 3.51. The smallest absolute Gasteiger partial charge is 0.416 e. The van der Waals surface area contributed by atoms with Crippen LogP contribution in [-0.2, 0) is 15.9 Å². The van der Waals surface area contributed by atoms with Crippen LogP contribution in [0.15, 0.2) is 77.2 Å². The Morgan fingerprint density at radius 1 is 1.03 bits per heavy atom. The van der Waals surface area contributed by atoms with Crippen molar-refractivity contribution in [2.75, 3.05) is 12.8 Å². The third-order valence-corrected chi connectivity index (χ3v) is 8.96. The number of amides is 1. The monoisotopic (exact) mass is 532 g/mol. The average molecular weight is 533 g/mol. The minimum Gasteiger partial charge on any atom is -0.465 e. The molecule has 0 fully saturated rings. The fourth-order valence-electron chi connectivity index (χ4n) is 4.36. The van der Waals surface area contributed by atoms with Crippen molar-refractivity contribution in [3.8, 4) is 11.1 Å². The van der Waals surface area contributed by atoms with Gasteiger partial charge in [-0.25, -0.2) is 9.00 Å². The number of hydrogen-bond acceptors (Lipinski definition) is 3. The minimum absolute atomic E-state index is 0.0180. The van der Waals surface area contributed by atoms with Crippen molar-refractivity contribution < 1.29 is 27.3 Å². The van der Waals surface area contributed by atoms with Gasteiger partial charge in [-0.2, -0.15) is 17.5 Å². The molecule has 1 amide bonds. The molecule has 0 aromatic heterocycles. The van der Waals surface area contributed by atoms with E-state index < -0.39 is 32.8 Å². The van der Waals surface area contributed by atoms with E-state index in [1.807, 2.05) is 48.5 Å². The Morgan fingerprint density at radius 3 is 2.00 bits per heavy atom. The van der Waals surface area contributed by atoms with Crippen LogP contribution < -0.4 is 0 Å². The third-order valence-electron chi connectivity index (χ3n) is 6.41. The van der Waals surface area contributed by atoms with E-state index in [-0.39, 0.29) is 17.6 Å². The number of carboxylic acid groups (broad SMARTS) is 1. The molecule has 1 aliphatic rings. The van der Waals surface area contributed by atoms with Crippen LogP contribution in [0.1, 0.15) is 40.3 Å². The van der Waals surface area contributed by atoms with Gasteiger partial charge in [0.15, 0.2) is 0 Å². The van der Waals surface area contributed by atoms with Crippen LogP contribution in [0.3, 0.4) is 0 Å². The molecule has 0 spiro atoms. The van der Waals surface area contributed by atoms with Crippen molar-refractivity contribution in [2.45, 2.75) is 24.3 Å². The zero-order valence-corrected chi connectivity index (χ0v) is 21.0. The zero-order chi connectivity index (χ0) is 26.3. The zero-order valence-electron chi connectivity index (χ0n) is 19.4. The van der Waals surface area contributed by atoms with Crippen LogP contribution in [0.2, 0.25) is 0 Å². The van der Waals surface area contributed by atoms with Crippen molar-refractivity contribution in [1.29, 1.82) is 0 Å². The summed E-state index contributed by atoms with van der Waals surface area (Å²) in [6.07, 6.45) is -4.49. The van der Waals surface area contributed by atoms with Crippen molar-refractivity contribution in [2.24, 2.45) is 4.36 Å². The first-order valence-corrected chi connectivity index (χ1v) is 13.4. The quantitative estimate of drug-likeness (QED) is 0.370. The van der Waals surface area contributed by atoms with Crippen LogP contribution >= 0.6 is 12.2 Å². The van der Waals surface area contributed by atoms with Crippen LogP contribution in [-0.4, -0.2) is 38.2 Å². The Labute approximate surface area is 212 Å². The molecular weight excluding hydrogens is 509 g/mol. The number of nitrogens with zero attached hydrogens (tertiary/aromatic N) is 2. The minimum atomic E-state index is -4.49. The predicted octanol–water partition coefficient (Wildman–Crippen LogP) is 6.94. The molecule has 36 heavy (non-hydrogen) atoms. The van der Waals surface area contributed by atoms with Gasteiger partial charge in [-0.3, -0.25) is 4.90 Å². The van der Waals surface area contributed by atoms with Gasteiger partial charge in [-0.15, -0.1) is 0 Å². The molecule has 5 nitrogen and oxygen atoms in total. The highest BCUT2D eigenvalue weighted by molar-refractivity contribution is 7.94. The number of halogens is 3. The van der Waals surface area contributed by atoms with Crippen molar-refractivity contribution in [3.63, 3.8) is 0 Å². The summed E-state index contributed by atoms with van der Waals surface area (Å²) in [5.74, 6) is -0.290. The summed E-state index contributed by atoms with van der Waals surface area (Å²) < 4.78 is 56.2. The lowest BCUT2D eigenvalue weighted by atomic mass is 9.96. The summed E-state index contributed by atoms with van der Waals surface area (Å²) in [6, 6.07) is 19.8. The van der Waals surface area contributed by atoms with Crippen LogP contribution in [0.25, 0.3) is 11.1 Å². The number of alkyl halides is 3. The molecule has 188 valence electrons. The molecule has 1 aliphatic carbocycles. The Bertz CT molecular complexity index is 1400. The maximum Gasteiger partial charge on any atom is 0.416 e. The van der Waals surface area contributed by atoms with Crippen LogP contribution in [0, 0.1) is 0 Å². The second kappa shape index (κ2) is 9.67. The fraction of sp³-hybridized carbons (Fsp3) is 0.231. The first-order valence-electron chi connectivity index (χ1n) is 11.0. The summed E-state index contributed by atoms with van der Waals surface area (Å²) in [5, 5.41) is 8.80. The molecule has 2 atom stereocenters. The van der Waals surface area contributed by atoms with Gasteiger partial charge in [0.25, 0.3) is 0 Å². The van der Waals surface area contributed by atoms with Crippen molar-refractivity contribution in [1.82, 2.24) is 4.90 Å². The van der Waals surface area contributed by atoms with Gasteiger partial charge in [0, 0.05) is 18.7 Å². The second-order valence-electron chi connectivity index (χ2n) is 8.62. The molecule has 0 bridgehead atoms. The van der Waals surface area contributed by atoms with E-state index in [2.05, 4.69) is 4.36 Å². The highest BCUT2D eigenvalue weighted by atomic mass is 32.2. The molecule has 0 heterocycles. The average Bonchev–Trinajstić information content (AvgIpc) is 3.14. The number of thiocarbonyl (C=S) groups is 1. The molecule has 1 N–H and O–H groups in total. The first-order chi connectivity index (χ1) is 16.9. The van der Waals surface area contributed by atoms with E-state index in [9.17, 15) is 27.3 Å². The van der Waals surface area contributed by atoms with Crippen molar-refractivity contribution >= 4 is 33.2 Å². The van der Waals surface area contributed by atoms with Gasteiger partial charge in [-0.1, -0.05) is 60.7 Å². The molecule has 0 aliphatic heterocycles. The normalized spacial score (nSPS) is 15.4. The Morgan fingerprint density at radius 2 is 1.53 bits per heavy atom. The molecular formula is C26H23F3N2O3S2. The molecule has 0 radical (unpaired) electrons. The second-order valence-corrected chi connectivity index (χ2v) is 11.6. The highest BCUT2D eigenvalue weighted by Gasteiger charge is 2.33. The van der Waals surface area contributed by atoms with Gasteiger partial charge in [0.2, 0.25) is 5.11 Å². The van der Waals surface area contributed by atoms with Crippen LogP contribution in [0.5, 0.6) is 0 Å². The fourth-order valence-corrected chi connectivity index (χ4v) is 6.18. The summed E-state index contributed by atoms with van der Waals surface area (Å²) in [4.78, 5) is 13.1. The van der Waals surface area contributed by atoms with Crippen LogP contribution in [0.4, 0.5) is 18.0 Å². The number of carbonyl (C=O) groups is 1. The number of hydrogen-bond donors (Lipinski definition) is 1. The number of fused-ring (bicyclic) bond motifs is 3. The standard InChI is InChI=1S/C26H23F3N2O3S2/c1-16(17-11-13-18(14-12-17)26(27,28)29)36(2,34)30-24(35)31(25(32)33)15-23-21-9-5-3-7-19(21)20-8-4-6-10-22(20)23/h3-14,16,23H,15H2,1-2H3,(H,32,33). The summed E-state index contributed by atoms with van der Waals surface area (Å²) in [7, 11) is -3.15. The Balaban J connectivity index is 1.62. The maximum atomic E-state index is 13.4. The first kappa shape index (κ1) is 25.8. The van der Waals surface area contributed by atoms with Gasteiger partial charge in [-0.05, 0) is 59.1 Å².